The van der Waals surface area contributed by atoms with E-state index < -0.39 is 0 Å². The van der Waals surface area contributed by atoms with Crippen molar-refractivity contribution in [3.05, 3.63) is 24.3 Å². The zero-order valence-electron chi connectivity index (χ0n) is 16.0. The summed E-state index contributed by atoms with van der Waals surface area (Å²) in [5, 5.41) is 0. The minimum absolute atomic E-state index is 0.0643. The van der Waals surface area contributed by atoms with Crippen LogP contribution in [0.1, 0.15) is 78.1 Å². The van der Waals surface area contributed by atoms with E-state index >= 15 is 0 Å². The minimum Gasteiger partial charge on any atom is -0.494 e. The molecule has 3 nitrogen and oxygen atoms in total. The van der Waals surface area contributed by atoms with Gasteiger partial charge >= 0.3 is 5.97 Å². The monoisotopic (exact) mass is 346 g/mol. The fraction of sp³-hybridized carbons (Fsp3) is 0.682. The highest BCUT2D eigenvalue weighted by Gasteiger charge is 2.27. The summed E-state index contributed by atoms with van der Waals surface area (Å²) in [7, 11) is 0. The average molecular weight is 347 g/mol. The van der Waals surface area contributed by atoms with Crippen molar-refractivity contribution in [2.24, 2.45) is 11.8 Å². The van der Waals surface area contributed by atoms with E-state index in [0.717, 1.165) is 37.5 Å². The van der Waals surface area contributed by atoms with Crippen LogP contribution in [0.4, 0.5) is 0 Å². The molecule has 25 heavy (non-hydrogen) atoms. The molecule has 1 aromatic carbocycles. The van der Waals surface area contributed by atoms with Crippen LogP contribution in [0.25, 0.3) is 0 Å². The van der Waals surface area contributed by atoms with Gasteiger partial charge in [0, 0.05) is 0 Å². The molecule has 0 saturated heterocycles. The Morgan fingerprint density at radius 2 is 1.56 bits per heavy atom. The van der Waals surface area contributed by atoms with Crippen molar-refractivity contribution >= 4 is 5.97 Å². The van der Waals surface area contributed by atoms with Crippen LogP contribution >= 0.6 is 0 Å². The van der Waals surface area contributed by atoms with Gasteiger partial charge in [-0.1, -0.05) is 46.0 Å². The summed E-state index contributed by atoms with van der Waals surface area (Å²) in [6.07, 6.45) is 11.7. The molecule has 3 heteroatoms. The lowest BCUT2D eigenvalue weighted by Crippen LogP contribution is -2.25. The molecule has 0 radical (unpaired) electrons. The van der Waals surface area contributed by atoms with Crippen molar-refractivity contribution < 1.29 is 14.3 Å². The maximum absolute atomic E-state index is 12.4. The van der Waals surface area contributed by atoms with Crippen LogP contribution < -0.4 is 9.47 Å². The van der Waals surface area contributed by atoms with E-state index in [9.17, 15) is 4.79 Å². The van der Waals surface area contributed by atoms with Crippen molar-refractivity contribution in [3.8, 4) is 11.5 Å². The summed E-state index contributed by atoms with van der Waals surface area (Å²) in [6, 6.07) is 7.44. The Hall–Kier alpha value is -1.51. The second kappa shape index (κ2) is 11.2. The third kappa shape index (κ3) is 7.09. The van der Waals surface area contributed by atoms with Gasteiger partial charge in [0.15, 0.2) is 0 Å². The van der Waals surface area contributed by atoms with Crippen LogP contribution in [0.15, 0.2) is 24.3 Å². The van der Waals surface area contributed by atoms with Gasteiger partial charge in [-0.15, -0.1) is 0 Å². The number of hydrogen-bond acceptors (Lipinski definition) is 3. The topological polar surface area (TPSA) is 35.5 Å². The Morgan fingerprint density at radius 3 is 2.20 bits per heavy atom. The molecule has 0 amide bonds. The number of esters is 1. The standard InChI is InChI=1S/C22H34O3/c1-3-5-7-17-24-20-13-15-21(16-14-20)25-22(23)19-11-9-18(10-12-19)8-6-4-2/h13-16,18-19H,3-12,17H2,1-2H3. The molecule has 0 spiro atoms. The fourth-order valence-electron chi connectivity index (χ4n) is 3.53. The molecule has 1 aromatic rings. The van der Waals surface area contributed by atoms with Gasteiger partial charge in [0.1, 0.15) is 11.5 Å². The largest absolute Gasteiger partial charge is 0.494 e. The lowest BCUT2D eigenvalue weighted by atomic mass is 9.80. The normalized spacial score (nSPS) is 20.2. The summed E-state index contributed by atoms with van der Waals surface area (Å²) in [5.74, 6) is 2.29. The SMILES string of the molecule is CCCCCOc1ccc(OC(=O)C2CCC(CCCC)CC2)cc1. The number of unbranched alkanes of at least 4 members (excludes halogenated alkanes) is 3. The van der Waals surface area contributed by atoms with Gasteiger partial charge < -0.3 is 9.47 Å². The van der Waals surface area contributed by atoms with E-state index in [4.69, 9.17) is 9.47 Å². The highest BCUT2D eigenvalue weighted by Crippen LogP contribution is 2.33. The minimum atomic E-state index is -0.0643. The van der Waals surface area contributed by atoms with Crippen molar-refractivity contribution in [1.29, 1.82) is 0 Å². The van der Waals surface area contributed by atoms with Gasteiger partial charge in [-0.05, 0) is 62.3 Å². The molecule has 1 aliphatic carbocycles. The molecule has 0 atom stereocenters. The molecule has 2 rings (SSSR count). The van der Waals surface area contributed by atoms with E-state index in [1.165, 1.54) is 44.9 Å². The Morgan fingerprint density at radius 1 is 0.920 bits per heavy atom. The number of hydrogen-bond donors (Lipinski definition) is 0. The molecular weight excluding hydrogens is 312 g/mol. The third-order valence-corrected chi connectivity index (χ3v) is 5.20. The predicted octanol–water partition coefficient (Wildman–Crippen LogP) is 6.16. The molecule has 0 aromatic heterocycles. The molecule has 0 aliphatic heterocycles. The molecule has 1 fully saturated rings. The average Bonchev–Trinajstić information content (AvgIpc) is 2.65. The first kappa shape index (κ1) is 19.8. The smallest absolute Gasteiger partial charge is 0.314 e. The number of rotatable bonds is 10. The third-order valence-electron chi connectivity index (χ3n) is 5.20. The Kier molecular flexibility index (Phi) is 8.85. The number of carbonyl (C=O) groups is 1. The van der Waals surface area contributed by atoms with Gasteiger partial charge in [-0.3, -0.25) is 4.79 Å². The Labute approximate surface area is 153 Å². The van der Waals surface area contributed by atoms with Crippen molar-refractivity contribution in [2.45, 2.75) is 78.1 Å². The highest BCUT2D eigenvalue weighted by atomic mass is 16.5. The van der Waals surface area contributed by atoms with Crippen LogP contribution in [-0.4, -0.2) is 12.6 Å². The van der Waals surface area contributed by atoms with Crippen LogP contribution in [0.5, 0.6) is 11.5 Å². The van der Waals surface area contributed by atoms with E-state index in [0.29, 0.717) is 5.75 Å². The molecule has 1 aliphatic rings. The molecular formula is C22H34O3. The van der Waals surface area contributed by atoms with Gasteiger partial charge in [0.2, 0.25) is 0 Å². The molecule has 0 unspecified atom stereocenters. The first-order valence-corrected chi connectivity index (χ1v) is 10.2. The van der Waals surface area contributed by atoms with Gasteiger partial charge in [-0.2, -0.15) is 0 Å². The highest BCUT2D eigenvalue weighted by molar-refractivity contribution is 5.75. The van der Waals surface area contributed by atoms with Crippen LogP contribution in [0.2, 0.25) is 0 Å². The number of carbonyl (C=O) groups excluding carboxylic acids is 1. The van der Waals surface area contributed by atoms with E-state index in [-0.39, 0.29) is 11.9 Å². The summed E-state index contributed by atoms with van der Waals surface area (Å²) >= 11 is 0. The Bertz CT molecular complexity index is 486. The number of benzene rings is 1. The van der Waals surface area contributed by atoms with E-state index in [1.807, 2.05) is 24.3 Å². The zero-order valence-corrected chi connectivity index (χ0v) is 16.0. The molecule has 140 valence electrons. The van der Waals surface area contributed by atoms with Crippen LogP contribution in [0, 0.1) is 11.8 Å². The lowest BCUT2D eigenvalue weighted by molar-refractivity contribution is -0.140. The van der Waals surface area contributed by atoms with Gasteiger partial charge in [-0.25, -0.2) is 0 Å². The molecule has 0 N–H and O–H groups in total. The second-order valence-corrected chi connectivity index (χ2v) is 7.31. The Balaban J connectivity index is 1.71. The molecule has 0 heterocycles. The van der Waals surface area contributed by atoms with Crippen LogP contribution in [-0.2, 0) is 4.79 Å². The van der Waals surface area contributed by atoms with Crippen LogP contribution in [0.3, 0.4) is 0 Å². The predicted molar refractivity (Wildman–Crippen MR) is 102 cm³/mol. The lowest BCUT2D eigenvalue weighted by Gasteiger charge is -2.27. The first-order chi connectivity index (χ1) is 12.2. The van der Waals surface area contributed by atoms with E-state index in [2.05, 4.69) is 13.8 Å². The van der Waals surface area contributed by atoms with Gasteiger partial charge in [0.25, 0.3) is 0 Å². The molecule has 1 saturated carbocycles. The number of ether oxygens (including phenoxy) is 2. The van der Waals surface area contributed by atoms with E-state index in [1.54, 1.807) is 0 Å². The summed E-state index contributed by atoms with van der Waals surface area (Å²) in [6.45, 7) is 5.17. The first-order valence-electron chi connectivity index (χ1n) is 10.2. The summed E-state index contributed by atoms with van der Waals surface area (Å²) < 4.78 is 11.3. The fourth-order valence-corrected chi connectivity index (χ4v) is 3.53. The summed E-state index contributed by atoms with van der Waals surface area (Å²) in [4.78, 5) is 12.4. The second-order valence-electron chi connectivity index (χ2n) is 7.31. The zero-order chi connectivity index (χ0) is 17.9. The van der Waals surface area contributed by atoms with Gasteiger partial charge in [0.05, 0.1) is 12.5 Å². The maximum Gasteiger partial charge on any atom is 0.314 e. The quantitative estimate of drug-likeness (QED) is 0.289. The van der Waals surface area contributed by atoms with Crippen molar-refractivity contribution in [2.75, 3.05) is 6.61 Å². The molecule has 0 bridgehead atoms. The van der Waals surface area contributed by atoms with Crippen molar-refractivity contribution in [3.63, 3.8) is 0 Å². The van der Waals surface area contributed by atoms with Crippen molar-refractivity contribution in [1.82, 2.24) is 0 Å². The summed E-state index contributed by atoms with van der Waals surface area (Å²) in [5.41, 5.74) is 0. The maximum atomic E-state index is 12.4.